The van der Waals surface area contributed by atoms with Crippen LogP contribution in [0.25, 0.3) is 0 Å². The lowest BCUT2D eigenvalue weighted by Crippen LogP contribution is -2.73. The van der Waals surface area contributed by atoms with Gasteiger partial charge >= 0.3 is 0 Å². The Morgan fingerprint density at radius 3 is 2.30 bits per heavy atom. The number of amides is 2. The number of carbonyl (C=O) groups is 2. The maximum absolute atomic E-state index is 13.6. The predicted octanol–water partition coefficient (Wildman–Crippen LogP) is 4.38. The van der Waals surface area contributed by atoms with Gasteiger partial charge in [-0.2, -0.15) is 0 Å². The zero-order chi connectivity index (χ0) is 27.8. The van der Waals surface area contributed by atoms with Crippen LogP contribution in [0.15, 0.2) is 54.6 Å². The highest BCUT2D eigenvalue weighted by Gasteiger charge is 2.53. The Labute approximate surface area is 238 Å². The molecule has 2 aliphatic heterocycles. The van der Waals surface area contributed by atoms with E-state index in [1.165, 1.54) is 37.7 Å². The van der Waals surface area contributed by atoms with Crippen molar-refractivity contribution in [3.8, 4) is 11.5 Å². The molecule has 3 aliphatic rings. The van der Waals surface area contributed by atoms with Crippen molar-refractivity contribution in [2.45, 2.75) is 63.1 Å². The minimum Gasteiger partial charge on any atom is -0.457 e. The summed E-state index contributed by atoms with van der Waals surface area (Å²) >= 11 is 0. The molecule has 2 aromatic rings. The van der Waals surface area contributed by atoms with E-state index in [0.717, 1.165) is 31.1 Å². The van der Waals surface area contributed by atoms with Crippen LogP contribution in [0.3, 0.4) is 0 Å². The van der Waals surface area contributed by atoms with Gasteiger partial charge in [0, 0.05) is 39.9 Å². The summed E-state index contributed by atoms with van der Waals surface area (Å²) in [5.74, 6) is 2.07. The molecule has 40 heavy (non-hydrogen) atoms. The molecule has 1 aliphatic carbocycles. The molecule has 1 spiro atoms. The standard InChI is InChI=1S/C32H43N3O5/c1-38-21-20-35-30(36)29(24-39-23-26-8-4-2-5-9-26)33-31(37)32(35)16-18-34(19-17-32)22-25-12-14-28(15-13-25)40-27-10-6-3-7-11-27/h3,6-7,10-15,26,29H,2,4-5,8-9,16-24H2,1H3,(H,33,37)/t29-/m0/s1. The predicted molar refractivity (Wildman–Crippen MR) is 153 cm³/mol. The topological polar surface area (TPSA) is 80.3 Å². The van der Waals surface area contributed by atoms with Crippen molar-refractivity contribution in [3.05, 3.63) is 60.2 Å². The second kappa shape index (κ2) is 13.6. The number of para-hydroxylation sites is 1. The van der Waals surface area contributed by atoms with Gasteiger partial charge in [-0.05, 0) is 61.4 Å². The molecule has 0 aromatic heterocycles. The molecule has 1 atom stereocenters. The number of likely N-dealkylation sites (tertiary alicyclic amines) is 1. The smallest absolute Gasteiger partial charge is 0.248 e. The summed E-state index contributed by atoms with van der Waals surface area (Å²) in [6, 6.07) is 17.3. The Kier molecular flexibility index (Phi) is 9.73. The van der Waals surface area contributed by atoms with Crippen molar-refractivity contribution in [2.75, 3.05) is 46.6 Å². The van der Waals surface area contributed by atoms with E-state index < -0.39 is 11.6 Å². The molecule has 5 rings (SSSR count). The Morgan fingerprint density at radius 2 is 1.60 bits per heavy atom. The summed E-state index contributed by atoms with van der Waals surface area (Å²) in [6.45, 7) is 3.95. The first kappa shape index (κ1) is 28.6. The van der Waals surface area contributed by atoms with Crippen molar-refractivity contribution < 1.29 is 23.8 Å². The van der Waals surface area contributed by atoms with Crippen LogP contribution in [0.4, 0.5) is 0 Å². The summed E-state index contributed by atoms with van der Waals surface area (Å²) in [6.07, 6.45) is 7.39. The van der Waals surface area contributed by atoms with Crippen LogP contribution >= 0.6 is 0 Å². The lowest BCUT2D eigenvalue weighted by atomic mass is 9.81. The number of nitrogens with one attached hydrogen (secondary N) is 1. The molecule has 1 saturated carbocycles. The molecule has 8 heteroatoms. The van der Waals surface area contributed by atoms with E-state index in [9.17, 15) is 9.59 Å². The molecule has 3 fully saturated rings. The number of nitrogens with zero attached hydrogens (tertiary/aromatic N) is 2. The van der Waals surface area contributed by atoms with Crippen LogP contribution in [0, 0.1) is 5.92 Å². The quantitative estimate of drug-likeness (QED) is 0.448. The van der Waals surface area contributed by atoms with E-state index in [2.05, 4.69) is 22.3 Å². The van der Waals surface area contributed by atoms with E-state index in [1.807, 2.05) is 42.5 Å². The number of hydrogen-bond acceptors (Lipinski definition) is 6. The number of hydrogen-bond donors (Lipinski definition) is 1. The SMILES string of the molecule is COCCN1C(=O)[C@H](COCC2CCCCC2)NC(=O)C12CCN(Cc1ccc(Oc3ccccc3)cc1)CC2. The normalized spacial score (nSPS) is 21.9. The van der Waals surface area contributed by atoms with Crippen molar-refractivity contribution in [3.63, 3.8) is 0 Å². The molecule has 2 aromatic carbocycles. The average Bonchev–Trinajstić information content (AvgIpc) is 2.99. The number of benzene rings is 2. The number of piperidine rings is 1. The second-order valence-corrected chi connectivity index (χ2v) is 11.4. The summed E-state index contributed by atoms with van der Waals surface area (Å²) in [7, 11) is 1.63. The van der Waals surface area contributed by atoms with Crippen LogP contribution in [-0.2, 0) is 25.6 Å². The highest BCUT2D eigenvalue weighted by atomic mass is 16.5. The highest BCUT2D eigenvalue weighted by molar-refractivity contribution is 6.00. The minimum atomic E-state index is -0.834. The van der Waals surface area contributed by atoms with Gasteiger partial charge in [-0.1, -0.05) is 49.6 Å². The Hall–Kier alpha value is -2.94. The lowest BCUT2D eigenvalue weighted by Gasteiger charge is -2.51. The molecule has 1 N–H and O–H groups in total. The summed E-state index contributed by atoms with van der Waals surface area (Å²) in [5.41, 5.74) is 0.353. The summed E-state index contributed by atoms with van der Waals surface area (Å²) in [5, 5.41) is 3.03. The number of ether oxygens (including phenoxy) is 3. The van der Waals surface area contributed by atoms with E-state index in [4.69, 9.17) is 14.2 Å². The Morgan fingerprint density at radius 1 is 0.900 bits per heavy atom. The zero-order valence-electron chi connectivity index (χ0n) is 23.7. The summed E-state index contributed by atoms with van der Waals surface area (Å²) in [4.78, 5) is 31.3. The van der Waals surface area contributed by atoms with Crippen molar-refractivity contribution >= 4 is 11.8 Å². The highest BCUT2D eigenvalue weighted by Crippen LogP contribution is 2.34. The fourth-order valence-corrected chi connectivity index (χ4v) is 6.33. The van der Waals surface area contributed by atoms with Gasteiger partial charge < -0.3 is 24.4 Å². The fourth-order valence-electron chi connectivity index (χ4n) is 6.33. The van der Waals surface area contributed by atoms with Crippen LogP contribution < -0.4 is 10.1 Å². The number of carbonyl (C=O) groups excluding carboxylic acids is 2. The van der Waals surface area contributed by atoms with E-state index in [-0.39, 0.29) is 18.4 Å². The zero-order valence-corrected chi connectivity index (χ0v) is 23.7. The van der Waals surface area contributed by atoms with Crippen LogP contribution in [0.1, 0.15) is 50.5 Å². The molecule has 2 heterocycles. The minimum absolute atomic E-state index is 0.0530. The monoisotopic (exact) mass is 549 g/mol. The number of piperazine rings is 1. The van der Waals surface area contributed by atoms with Crippen LogP contribution in [0.5, 0.6) is 11.5 Å². The van der Waals surface area contributed by atoms with Gasteiger partial charge in [0.2, 0.25) is 11.8 Å². The van der Waals surface area contributed by atoms with Gasteiger partial charge in [0.25, 0.3) is 0 Å². The molecular formula is C32H43N3O5. The number of methoxy groups -OCH3 is 1. The fraction of sp³-hybridized carbons (Fsp3) is 0.562. The van der Waals surface area contributed by atoms with Gasteiger partial charge in [-0.3, -0.25) is 14.5 Å². The third kappa shape index (κ3) is 6.85. The third-order valence-electron chi connectivity index (χ3n) is 8.68. The maximum Gasteiger partial charge on any atom is 0.248 e. The molecule has 0 unspecified atom stereocenters. The molecule has 2 saturated heterocycles. The van der Waals surface area contributed by atoms with E-state index in [1.54, 1.807) is 12.0 Å². The Balaban J connectivity index is 1.16. The van der Waals surface area contributed by atoms with E-state index in [0.29, 0.717) is 38.5 Å². The molecule has 0 radical (unpaired) electrons. The summed E-state index contributed by atoms with van der Waals surface area (Å²) < 4.78 is 17.2. The first-order valence-corrected chi connectivity index (χ1v) is 14.8. The van der Waals surface area contributed by atoms with E-state index >= 15 is 0 Å². The van der Waals surface area contributed by atoms with Crippen molar-refractivity contribution in [2.24, 2.45) is 5.92 Å². The van der Waals surface area contributed by atoms with Crippen molar-refractivity contribution in [1.82, 2.24) is 15.1 Å². The molecule has 8 nitrogen and oxygen atoms in total. The third-order valence-corrected chi connectivity index (χ3v) is 8.68. The van der Waals surface area contributed by atoms with Gasteiger partial charge in [0.1, 0.15) is 23.1 Å². The number of rotatable bonds is 11. The largest absolute Gasteiger partial charge is 0.457 e. The van der Waals surface area contributed by atoms with Gasteiger partial charge in [-0.15, -0.1) is 0 Å². The lowest BCUT2D eigenvalue weighted by molar-refractivity contribution is -0.164. The van der Waals surface area contributed by atoms with Gasteiger partial charge in [0.05, 0.1) is 13.2 Å². The molecule has 216 valence electrons. The van der Waals surface area contributed by atoms with Crippen LogP contribution in [-0.4, -0.2) is 79.8 Å². The van der Waals surface area contributed by atoms with Gasteiger partial charge in [-0.25, -0.2) is 0 Å². The maximum atomic E-state index is 13.6. The second-order valence-electron chi connectivity index (χ2n) is 11.4. The van der Waals surface area contributed by atoms with Gasteiger partial charge in [0.15, 0.2) is 0 Å². The average molecular weight is 550 g/mol. The molecule has 0 bridgehead atoms. The Bertz CT molecular complexity index is 1100. The van der Waals surface area contributed by atoms with Crippen LogP contribution in [0.2, 0.25) is 0 Å². The van der Waals surface area contributed by atoms with Crippen molar-refractivity contribution in [1.29, 1.82) is 0 Å². The first-order valence-electron chi connectivity index (χ1n) is 14.8. The molecule has 2 amide bonds. The first-order chi connectivity index (χ1) is 19.6. The molecular weight excluding hydrogens is 506 g/mol.